The monoisotopic (exact) mass is 315 g/mol. The number of benzene rings is 1. The van der Waals surface area contributed by atoms with Gasteiger partial charge in [-0.2, -0.15) is 0 Å². The molecule has 1 aromatic rings. The first-order chi connectivity index (χ1) is 11.2. The molecule has 23 heavy (non-hydrogen) atoms. The van der Waals surface area contributed by atoms with Crippen molar-refractivity contribution in [3.05, 3.63) is 35.9 Å². The van der Waals surface area contributed by atoms with Crippen LogP contribution in [0.3, 0.4) is 0 Å². The van der Waals surface area contributed by atoms with Gasteiger partial charge in [-0.05, 0) is 50.9 Å². The molecule has 1 atom stereocenters. The lowest BCUT2D eigenvalue weighted by Gasteiger charge is -2.40. The van der Waals surface area contributed by atoms with Gasteiger partial charge in [-0.1, -0.05) is 30.3 Å². The second kappa shape index (κ2) is 7.93. The lowest BCUT2D eigenvalue weighted by Crippen LogP contribution is -2.49. The van der Waals surface area contributed by atoms with Crippen LogP contribution < -0.4 is 5.32 Å². The molecule has 0 saturated carbocycles. The van der Waals surface area contributed by atoms with E-state index in [1.165, 1.54) is 18.4 Å². The summed E-state index contributed by atoms with van der Waals surface area (Å²) in [7, 11) is 2.15. The predicted molar refractivity (Wildman–Crippen MR) is 93.2 cm³/mol. The van der Waals surface area contributed by atoms with E-state index in [1.54, 1.807) is 0 Å². The minimum Gasteiger partial charge on any atom is -0.333 e. The maximum atomic E-state index is 12.8. The Bertz CT molecular complexity index is 499. The summed E-state index contributed by atoms with van der Waals surface area (Å²) < 4.78 is 0. The number of nitrogens with one attached hydrogen (secondary N) is 1. The number of nitrogens with zero attached hydrogens (tertiary/aromatic N) is 2. The molecule has 2 fully saturated rings. The number of likely N-dealkylation sites (N-methyl/N-ethyl adjacent to an activating group) is 1. The molecule has 2 saturated heterocycles. The average molecular weight is 315 g/mol. The topological polar surface area (TPSA) is 35.6 Å². The van der Waals surface area contributed by atoms with E-state index in [0.717, 1.165) is 45.1 Å². The van der Waals surface area contributed by atoms with Crippen LogP contribution in [0.1, 0.15) is 37.3 Å². The van der Waals surface area contributed by atoms with Gasteiger partial charge < -0.3 is 15.1 Å². The smallest absolute Gasteiger partial charge is 0.223 e. The van der Waals surface area contributed by atoms with Gasteiger partial charge in [0.1, 0.15) is 0 Å². The fourth-order valence-electron chi connectivity index (χ4n) is 3.82. The highest BCUT2D eigenvalue weighted by atomic mass is 16.2. The Kier molecular flexibility index (Phi) is 5.68. The van der Waals surface area contributed by atoms with Gasteiger partial charge in [-0.15, -0.1) is 0 Å². The van der Waals surface area contributed by atoms with Gasteiger partial charge in [-0.3, -0.25) is 4.79 Å². The van der Waals surface area contributed by atoms with E-state index < -0.39 is 0 Å². The molecule has 126 valence electrons. The predicted octanol–water partition coefficient (Wildman–Crippen LogP) is 2.28. The number of piperazine rings is 1. The van der Waals surface area contributed by atoms with Crippen LogP contribution in [0.2, 0.25) is 0 Å². The molecule has 0 spiro atoms. The van der Waals surface area contributed by atoms with Crippen molar-refractivity contribution >= 4 is 5.91 Å². The van der Waals surface area contributed by atoms with Crippen LogP contribution in [-0.2, 0) is 4.79 Å². The molecule has 3 rings (SSSR count). The standard InChI is InChI=1S/C19H29N3O/c1-21-13-14-22(18(15-21)17-5-3-2-4-6-17)19(23)8-7-16-9-11-20-12-10-16/h2-6,16,18,20H,7-15H2,1H3. The molecular formula is C19H29N3O. The summed E-state index contributed by atoms with van der Waals surface area (Å²) in [6.45, 7) is 4.98. The summed E-state index contributed by atoms with van der Waals surface area (Å²) in [5.41, 5.74) is 1.26. The van der Waals surface area contributed by atoms with Crippen LogP contribution >= 0.6 is 0 Å². The van der Waals surface area contributed by atoms with Gasteiger partial charge in [0.15, 0.2) is 0 Å². The molecular weight excluding hydrogens is 286 g/mol. The Labute approximate surface area is 139 Å². The highest BCUT2D eigenvalue weighted by Gasteiger charge is 2.30. The molecule has 4 heteroatoms. The molecule has 2 aliphatic rings. The van der Waals surface area contributed by atoms with E-state index in [1.807, 2.05) is 6.07 Å². The summed E-state index contributed by atoms with van der Waals surface area (Å²) in [5.74, 6) is 1.06. The normalized spacial score (nSPS) is 23.9. The fourth-order valence-corrected chi connectivity index (χ4v) is 3.82. The van der Waals surface area contributed by atoms with Gasteiger partial charge in [0.25, 0.3) is 0 Å². The molecule has 0 radical (unpaired) electrons. The number of hydrogen-bond acceptors (Lipinski definition) is 3. The van der Waals surface area contributed by atoms with Crippen molar-refractivity contribution in [3.8, 4) is 0 Å². The maximum Gasteiger partial charge on any atom is 0.223 e. The first-order valence-electron chi connectivity index (χ1n) is 8.97. The second-order valence-electron chi connectivity index (χ2n) is 7.01. The third-order valence-corrected chi connectivity index (χ3v) is 5.31. The van der Waals surface area contributed by atoms with E-state index in [9.17, 15) is 4.79 Å². The molecule has 0 aromatic heterocycles. The number of carbonyl (C=O) groups excluding carboxylic acids is 1. The van der Waals surface area contributed by atoms with Gasteiger partial charge >= 0.3 is 0 Å². The summed E-state index contributed by atoms with van der Waals surface area (Å²) in [6.07, 6.45) is 4.20. The van der Waals surface area contributed by atoms with Crippen molar-refractivity contribution in [1.29, 1.82) is 0 Å². The van der Waals surface area contributed by atoms with E-state index in [2.05, 4.69) is 46.4 Å². The largest absolute Gasteiger partial charge is 0.333 e. The van der Waals surface area contributed by atoms with Crippen LogP contribution in [0.15, 0.2) is 30.3 Å². The van der Waals surface area contributed by atoms with Crippen molar-refractivity contribution in [2.45, 2.75) is 31.7 Å². The number of piperidine rings is 1. The van der Waals surface area contributed by atoms with Crippen molar-refractivity contribution in [1.82, 2.24) is 15.1 Å². The van der Waals surface area contributed by atoms with E-state index in [-0.39, 0.29) is 6.04 Å². The molecule has 2 aliphatic heterocycles. The molecule has 1 N–H and O–H groups in total. The zero-order chi connectivity index (χ0) is 16.1. The molecule has 1 unspecified atom stereocenters. The summed E-state index contributed by atoms with van der Waals surface area (Å²) in [6, 6.07) is 10.7. The van der Waals surface area contributed by atoms with Crippen molar-refractivity contribution < 1.29 is 4.79 Å². The molecule has 0 aliphatic carbocycles. The minimum atomic E-state index is 0.204. The first-order valence-corrected chi connectivity index (χ1v) is 8.97. The van der Waals surface area contributed by atoms with Gasteiger partial charge in [-0.25, -0.2) is 0 Å². The number of rotatable bonds is 4. The van der Waals surface area contributed by atoms with Crippen LogP contribution in [0.25, 0.3) is 0 Å². The van der Waals surface area contributed by atoms with Gasteiger partial charge in [0, 0.05) is 26.1 Å². The number of carbonyl (C=O) groups is 1. The van der Waals surface area contributed by atoms with E-state index >= 15 is 0 Å². The minimum absolute atomic E-state index is 0.204. The summed E-state index contributed by atoms with van der Waals surface area (Å²) >= 11 is 0. The van der Waals surface area contributed by atoms with Crippen LogP contribution in [0.5, 0.6) is 0 Å². The van der Waals surface area contributed by atoms with Gasteiger partial charge in [0.05, 0.1) is 6.04 Å². The molecule has 1 amide bonds. The van der Waals surface area contributed by atoms with Crippen LogP contribution in [0.4, 0.5) is 0 Å². The summed E-state index contributed by atoms with van der Waals surface area (Å²) in [4.78, 5) is 17.3. The van der Waals surface area contributed by atoms with Crippen molar-refractivity contribution in [2.24, 2.45) is 5.92 Å². The van der Waals surface area contributed by atoms with Crippen molar-refractivity contribution in [3.63, 3.8) is 0 Å². The second-order valence-corrected chi connectivity index (χ2v) is 7.01. The zero-order valence-corrected chi connectivity index (χ0v) is 14.2. The molecule has 4 nitrogen and oxygen atoms in total. The number of hydrogen-bond donors (Lipinski definition) is 1. The lowest BCUT2D eigenvalue weighted by molar-refractivity contribution is -0.136. The lowest BCUT2D eigenvalue weighted by atomic mass is 9.92. The van der Waals surface area contributed by atoms with Gasteiger partial charge in [0.2, 0.25) is 5.91 Å². The van der Waals surface area contributed by atoms with Crippen molar-refractivity contribution in [2.75, 3.05) is 39.8 Å². The maximum absolute atomic E-state index is 12.8. The van der Waals surface area contributed by atoms with E-state index in [4.69, 9.17) is 0 Å². The quantitative estimate of drug-likeness (QED) is 0.926. The highest BCUT2D eigenvalue weighted by Crippen LogP contribution is 2.27. The third kappa shape index (κ3) is 4.33. The Balaban J connectivity index is 1.62. The molecule has 0 bridgehead atoms. The fraction of sp³-hybridized carbons (Fsp3) is 0.632. The molecule has 2 heterocycles. The Morgan fingerprint density at radius 1 is 1.17 bits per heavy atom. The molecule has 1 aromatic carbocycles. The zero-order valence-electron chi connectivity index (χ0n) is 14.2. The summed E-state index contributed by atoms with van der Waals surface area (Å²) in [5, 5.41) is 3.40. The highest BCUT2D eigenvalue weighted by molar-refractivity contribution is 5.77. The Morgan fingerprint density at radius 3 is 2.65 bits per heavy atom. The van der Waals surface area contributed by atoms with Crippen LogP contribution in [0, 0.1) is 5.92 Å². The SMILES string of the molecule is CN1CCN(C(=O)CCC2CCNCC2)C(c2ccccc2)C1. The Hall–Kier alpha value is -1.39. The van der Waals surface area contributed by atoms with E-state index in [0.29, 0.717) is 12.3 Å². The average Bonchev–Trinajstić information content (AvgIpc) is 2.61. The Morgan fingerprint density at radius 2 is 1.91 bits per heavy atom. The third-order valence-electron chi connectivity index (χ3n) is 5.31. The number of amides is 1. The van der Waals surface area contributed by atoms with Crippen LogP contribution in [-0.4, -0.2) is 55.5 Å². The first kappa shape index (κ1) is 16.5.